The average molecular weight is 443 g/mol. The molecule has 0 spiro atoms. The Balaban J connectivity index is 1.59. The minimum atomic E-state index is -0.634. The van der Waals surface area contributed by atoms with Crippen LogP contribution in [0.3, 0.4) is 0 Å². The Labute approximate surface area is 188 Å². The van der Waals surface area contributed by atoms with Crippen molar-refractivity contribution >= 4 is 28.5 Å². The molecule has 0 saturated carbocycles. The molecule has 2 heterocycles. The molecule has 2 aromatic carbocycles. The van der Waals surface area contributed by atoms with E-state index < -0.39 is 17.2 Å². The highest BCUT2D eigenvalue weighted by Crippen LogP contribution is 2.19. The minimum absolute atomic E-state index is 0.104. The molecule has 2 aromatic heterocycles. The lowest BCUT2D eigenvalue weighted by molar-refractivity contribution is 0.0940. The number of para-hydroxylation sites is 1. The largest absolute Gasteiger partial charge is 0.345 e. The number of carbonyl (C=O) groups is 2. The summed E-state index contributed by atoms with van der Waals surface area (Å²) in [6.07, 6.45) is 1.27. The molecule has 4 aromatic rings. The molecule has 3 N–H and O–H groups in total. The van der Waals surface area contributed by atoms with Crippen molar-refractivity contribution in [1.82, 2.24) is 19.9 Å². The maximum Gasteiger partial charge on any atom is 0.329 e. The van der Waals surface area contributed by atoms with Crippen molar-refractivity contribution in [3.8, 4) is 0 Å². The van der Waals surface area contributed by atoms with Crippen molar-refractivity contribution in [2.75, 3.05) is 5.32 Å². The molecular weight excluding hydrogens is 422 g/mol. The fourth-order valence-electron chi connectivity index (χ4n) is 3.44. The number of pyridine rings is 1. The van der Waals surface area contributed by atoms with E-state index in [1.54, 1.807) is 24.3 Å². The monoisotopic (exact) mass is 443 g/mol. The molecule has 4 rings (SSSR count). The van der Waals surface area contributed by atoms with Gasteiger partial charge in [0.25, 0.3) is 17.4 Å². The Morgan fingerprint density at radius 2 is 1.70 bits per heavy atom. The third-order valence-electron chi connectivity index (χ3n) is 5.28. The van der Waals surface area contributed by atoms with Crippen LogP contribution < -0.4 is 21.9 Å². The van der Waals surface area contributed by atoms with Crippen LogP contribution in [0.4, 0.5) is 5.69 Å². The summed E-state index contributed by atoms with van der Waals surface area (Å²) in [4.78, 5) is 55.9. The summed E-state index contributed by atoms with van der Waals surface area (Å²) in [5.74, 6) is -0.889. The van der Waals surface area contributed by atoms with Gasteiger partial charge in [0.05, 0.1) is 28.2 Å². The zero-order valence-corrected chi connectivity index (χ0v) is 18.0. The van der Waals surface area contributed by atoms with Gasteiger partial charge >= 0.3 is 5.69 Å². The number of carbonyl (C=O) groups excluding carboxylic acids is 2. The van der Waals surface area contributed by atoms with Crippen LogP contribution in [0.1, 0.15) is 39.2 Å². The first kappa shape index (κ1) is 21.7. The number of amides is 2. The van der Waals surface area contributed by atoms with Gasteiger partial charge in [-0.15, -0.1) is 0 Å². The number of fused-ring (bicyclic) bond motifs is 1. The molecule has 0 saturated heterocycles. The Morgan fingerprint density at radius 3 is 2.45 bits per heavy atom. The van der Waals surface area contributed by atoms with Crippen LogP contribution in [0.5, 0.6) is 0 Å². The highest BCUT2D eigenvalue weighted by Gasteiger charge is 2.17. The van der Waals surface area contributed by atoms with Gasteiger partial charge in [0.2, 0.25) is 0 Å². The van der Waals surface area contributed by atoms with Crippen molar-refractivity contribution in [3.63, 3.8) is 0 Å². The lowest BCUT2D eigenvalue weighted by Gasteiger charge is -2.16. The van der Waals surface area contributed by atoms with Crippen molar-refractivity contribution < 1.29 is 9.59 Å². The van der Waals surface area contributed by atoms with Crippen molar-refractivity contribution in [3.05, 3.63) is 104 Å². The molecule has 0 aliphatic rings. The van der Waals surface area contributed by atoms with Gasteiger partial charge in [-0.1, -0.05) is 42.5 Å². The molecule has 0 radical (unpaired) electrons. The van der Waals surface area contributed by atoms with Gasteiger partial charge < -0.3 is 10.6 Å². The molecule has 33 heavy (non-hydrogen) atoms. The van der Waals surface area contributed by atoms with Crippen molar-refractivity contribution in [2.24, 2.45) is 7.05 Å². The van der Waals surface area contributed by atoms with Crippen LogP contribution >= 0.6 is 0 Å². The quantitative estimate of drug-likeness (QED) is 0.437. The summed E-state index contributed by atoms with van der Waals surface area (Å²) < 4.78 is 1.19. The normalized spacial score (nSPS) is 11.7. The van der Waals surface area contributed by atoms with Gasteiger partial charge in [-0.25, -0.2) is 9.78 Å². The van der Waals surface area contributed by atoms with Crippen LogP contribution in [0.15, 0.2) is 76.4 Å². The number of nitrogens with zero attached hydrogens (tertiary/aromatic N) is 2. The summed E-state index contributed by atoms with van der Waals surface area (Å²) in [6, 6.07) is 17.3. The maximum absolute atomic E-state index is 12.9. The van der Waals surface area contributed by atoms with Crippen LogP contribution in [-0.4, -0.2) is 26.3 Å². The highest BCUT2D eigenvalue weighted by molar-refractivity contribution is 6.09. The highest BCUT2D eigenvalue weighted by atomic mass is 16.2. The third-order valence-corrected chi connectivity index (χ3v) is 5.28. The van der Waals surface area contributed by atoms with E-state index in [2.05, 4.69) is 20.6 Å². The third kappa shape index (κ3) is 4.42. The lowest BCUT2D eigenvalue weighted by Crippen LogP contribution is -2.29. The zero-order valence-electron chi connectivity index (χ0n) is 18.0. The maximum atomic E-state index is 12.9. The van der Waals surface area contributed by atoms with Gasteiger partial charge in [0, 0.05) is 13.2 Å². The second-order valence-corrected chi connectivity index (χ2v) is 7.52. The molecule has 0 fully saturated rings. The second kappa shape index (κ2) is 8.91. The van der Waals surface area contributed by atoms with Crippen molar-refractivity contribution in [2.45, 2.75) is 13.0 Å². The first-order chi connectivity index (χ1) is 15.8. The molecule has 1 atom stereocenters. The lowest BCUT2D eigenvalue weighted by atomic mass is 10.1. The van der Waals surface area contributed by atoms with E-state index in [9.17, 15) is 19.2 Å². The van der Waals surface area contributed by atoms with E-state index in [1.165, 1.54) is 23.9 Å². The van der Waals surface area contributed by atoms with E-state index in [0.717, 1.165) is 5.56 Å². The molecule has 9 heteroatoms. The van der Waals surface area contributed by atoms with Crippen LogP contribution in [-0.2, 0) is 7.05 Å². The van der Waals surface area contributed by atoms with E-state index >= 15 is 0 Å². The molecule has 0 aliphatic heterocycles. The van der Waals surface area contributed by atoms with E-state index in [0.29, 0.717) is 11.3 Å². The number of hydrogen-bond donors (Lipinski definition) is 3. The van der Waals surface area contributed by atoms with Gasteiger partial charge in [-0.05, 0) is 30.7 Å². The number of nitrogens with one attached hydrogen (secondary N) is 3. The van der Waals surface area contributed by atoms with Gasteiger partial charge in [0.1, 0.15) is 5.65 Å². The predicted molar refractivity (Wildman–Crippen MR) is 124 cm³/mol. The number of aromatic nitrogens is 3. The molecule has 2 amide bonds. The molecule has 0 aliphatic carbocycles. The number of H-pyrrole nitrogens is 1. The fraction of sp³-hybridized carbons (Fsp3) is 0.125. The van der Waals surface area contributed by atoms with Crippen molar-refractivity contribution in [1.29, 1.82) is 0 Å². The summed E-state index contributed by atoms with van der Waals surface area (Å²) in [7, 11) is 1.47. The molecular formula is C24H21N5O4. The van der Waals surface area contributed by atoms with Gasteiger partial charge in [-0.3, -0.25) is 23.9 Å². The van der Waals surface area contributed by atoms with Gasteiger partial charge in [0.15, 0.2) is 0 Å². The van der Waals surface area contributed by atoms with Crippen LogP contribution in [0, 0.1) is 0 Å². The average Bonchev–Trinajstić information content (AvgIpc) is 2.83. The minimum Gasteiger partial charge on any atom is -0.345 e. The molecule has 0 bridgehead atoms. The van der Waals surface area contributed by atoms with E-state index in [-0.39, 0.29) is 28.5 Å². The fourth-order valence-corrected chi connectivity index (χ4v) is 3.44. The number of anilines is 1. The first-order valence-corrected chi connectivity index (χ1v) is 10.2. The Morgan fingerprint density at radius 1 is 1.00 bits per heavy atom. The standard InChI is InChI=1S/C24H21N5O4/c1-14(15-8-4-3-5-9-15)26-22(31)17-10-6-7-11-19(17)27-21(30)16-12-18-20(25-13-16)29(2)24(33)28-23(18)32/h3-14H,1-2H3,(H,26,31)(H,27,30)(H,28,32,33)/t14-/m1/s1. The Kier molecular flexibility index (Phi) is 5.86. The number of benzene rings is 2. The molecule has 0 unspecified atom stereocenters. The summed E-state index contributed by atoms with van der Waals surface area (Å²) in [5.41, 5.74) is 0.605. The van der Waals surface area contributed by atoms with E-state index in [4.69, 9.17) is 0 Å². The SMILES string of the molecule is C[C@@H](NC(=O)c1ccccc1NC(=O)c1cnc2c(c1)c(=O)[nH]c(=O)n2C)c1ccccc1. The number of rotatable bonds is 5. The molecule has 9 nitrogen and oxygen atoms in total. The smallest absolute Gasteiger partial charge is 0.329 e. The number of aromatic amines is 1. The summed E-state index contributed by atoms with van der Waals surface area (Å²) in [5, 5.41) is 5.74. The molecule has 166 valence electrons. The van der Waals surface area contributed by atoms with Crippen LogP contribution in [0.2, 0.25) is 0 Å². The first-order valence-electron chi connectivity index (χ1n) is 10.2. The zero-order chi connectivity index (χ0) is 23.5. The van der Waals surface area contributed by atoms with E-state index in [1.807, 2.05) is 37.3 Å². The van der Waals surface area contributed by atoms with Gasteiger partial charge in [-0.2, -0.15) is 0 Å². The second-order valence-electron chi connectivity index (χ2n) is 7.52. The topological polar surface area (TPSA) is 126 Å². The Hall–Kier alpha value is -4.53. The summed E-state index contributed by atoms with van der Waals surface area (Å²) >= 11 is 0. The van der Waals surface area contributed by atoms with Crippen LogP contribution in [0.25, 0.3) is 11.0 Å². The predicted octanol–water partition coefficient (Wildman–Crippen LogP) is 2.37. The number of hydrogen-bond acceptors (Lipinski definition) is 5. The number of aryl methyl sites for hydroxylation is 1. The summed E-state index contributed by atoms with van der Waals surface area (Å²) in [6.45, 7) is 1.88. The Bertz CT molecular complexity index is 1470.